The summed E-state index contributed by atoms with van der Waals surface area (Å²) in [6, 6.07) is 10.4. The van der Waals surface area contributed by atoms with Crippen molar-refractivity contribution in [2.75, 3.05) is 18.0 Å². The van der Waals surface area contributed by atoms with Crippen molar-refractivity contribution in [1.82, 2.24) is 15.3 Å². The number of piperidine rings is 1. The van der Waals surface area contributed by atoms with E-state index in [1.54, 1.807) is 11.3 Å². The van der Waals surface area contributed by atoms with Gasteiger partial charge in [0.1, 0.15) is 16.5 Å². The Balaban J connectivity index is 1.37. The lowest BCUT2D eigenvalue weighted by atomic mass is 9.95. The van der Waals surface area contributed by atoms with Gasteiger partial charge < -0.3 is 10.2 Å². The Hall–Kier alpha value is -2.47. The molecule has 4 rings (SSSR count). The third-order valence-corrected chi connectivity index (χ3v) is 6.23. The summed E-state index contributed by atoms with van der Waals surface area (Å²) in [5, 5.41) is 6.31. The number of anilines is 1. The first-order valence-corrected chi connectivity index (χ1v) is 10.8. The van der Waals surface area contributed by atoms with E-state index >= 15 is 0 Å². The van der Waals surface area contributed by atoms with Gasteiger partial charge in [0.15, 0.2) is 0 Å². The molecule has 1 aliphatic heterocycles. The van der Waals surface area contributed by atoms with Gasteiger partial charge in [0.2, 0.25) is 5.91 Å². The molecule has 0 aliphatic carbocycles. The van der Waals surface area contributed by atoms with Crippen molar-refractivity contribution in [3.05, 3.63) is 52.7 Å². The van der Waals surface area contributed by atoms with Crippen molar-refractivity contribution < 1.29 is 4.79 Å². The molecule has 1 aliphatic rings. The van der Waals surface area contributed by atoms with E-state index in [4.69, 9.17) is 4.98 Å². The van der Waals surface area contributed by atoms with Gasteiger partial charge in [0, 0.05) is 32.0 Å². The molecule has 1 N–H and O–H groups in total. The van der Waals surface area contributed by atoms with Gasteiger partial charge in [-0.3, -0.25) is 4.79 Å². The molecule has 3 heterocycles. The number of amides is 1. The third-order valence-electron chi connectivity index (χ3n) is 5.42. The Kier molecular flexibility index (Phi) is 5.57. The predicted molar refractivity (Wildman–Crippen MR) is 115 cm³/mol. The Morgan fingerprint density at radius 2 is 1.93 bits per heavy atom. The maximum Gasteiger partial charge on any atom is 0.223 e. The summed E-state index contributed by atoms with van der Waals surface area (Å²) in [7, 11) is 0. The molecule has 146 valence electrons. The number of rotatable bonds is 5. The second kappa shape index (κ2) is 8.27. The lowest BCUT2D eigenvalue weighted by molar-refractivity contribution is -0.125. The normalized spacial score (nSPS) is 15.1. The molecule has 0 bridgehead atoms. The molecule has 3 aromatic rings. The SMILES string of the molecule is CCc1nc(N2CCC(C(=O)NCc3ccc(C)cc3)CC2)c2ccsc2n1. The zero-order valence-electron chi connectivity index (χ0n) is 16.4. The number of carbonyl (C=O) groups excluding carboxylic acids is 1. The van der Waals surface area contributed by atoms with E-state index in [2.05, 4.69) is 64.8 Å². The number of hydrogen-bond acceptors (Lipinski definition) is 5. The number of nitrogens with zero attached hydrogens (tertiary/aromatic N) is 3. The standard InChI is InChI=1S/C22H26N4OS/c1-3-19-24-20(18-10-13-28-22(18)25-19)26-11-8-17(9-12-26)21(27)23-14-16-6-4-15(2)5-7-16/h4-7,10,13,17H,3,8-9,11-12,14H2,1-2H3,(H,23,27). The maximum atomic E-state index is 12.6. The van der Waals surface area contributed by atoms with Crippen LogP contribution in [0.1, 0.15) is 36.7 Å². The predicted octanol–water partition coefficient (Wildman–Crippen LogP) is 4.09. The highest BCUT2D eigenvalue weighted by molar-refractivity contribution is 7.16. The summed E-state index contributed by atoms with van der Waals surface area (Å²) in [4.78, 5) is 25.4. The van der Waals surface area contributed by atoms with Crippen LogP contribution in [0.4, 0.5) is 5.82 Å². The van der Waals surface area contributed by atoms with Gasteiger partial charge >= 0.3 is 0 Å². The Morgan fingerprint density at radius 3 is 2.64 bits per heavy atom. The summed E-state index contributed by atoms with van der Waals surface area (Å²) in [6.45, 7) is 6.46. The van der Waals surface area contributed by atoms with Crippen LogP contribution in [0.25, 0.3) is 10.2 Å². The van der Waals surface area contributed by atoms with Crippen LogP contribution in [0.15, 0.2) is 35.7 Å². The first-order chi connectivity index (χ1) is 13.6. The summed E-state index contributed by atoms with van der Waals surface area (Å²) in [5.74, 6) is 2.16. The van der Waals surface area contributed by atoms with Gasteiger partial charge in [-0.05, 0) is 36.8 Å². The Bertz CT molecular complexity index is 958. The largest absolute Gasteiger partial charge is 0.356 e. The minimum atomic E-state index is 0.0761. The molecule has 0 radical (unpaired) electrons. The van der Waals surface area contributed by atoms with Crippen LogP contribution in [0.5, 0.6) is 0 Å². The van der Waals surface area contributed by atoms with Gasteiger partial charge in [0.05, 0.1) is 5.39 Å². The molecule has 6 heteroatoms. The summed E-state index contributed by atoms with van der Waals surface area (Å²) in [5.41, 5.74) is 2.38. The van der Waals surface area contributed by atoms with Crippen molar-refractivity contribution in [2.24, 2.45) is 5.92 Å². The monoisotopic (exact) mass is 394 g/mol. The number of nitrogens with one attached hydrogen (secondary N) is 1. The molecule has 28 heavy (non-hydrogen) atoms. The van der Waals surface area contributed by atoms with E-state index in [1.807, 2.05) is 0 Å². The number of aromatic nitrogens is 2. The highest BCUT2D eigenvalue weighted by Crippen LogP contribution is 2.31. The molecule has 2 aromatic heterocycles. The highest BCUT2D eigenvalue weighted by Gasteiger charge is 2.26. The Morgan fingerprint density at radius 1 is 1.18 bits per heavy atom. The zero-order chi connectivity index (χ0) is 19.5. The zero-order valence-corrected chi connectivity index (χ0v) is 17.3. The van der Waals surface area contributed by atoms with Crippen LogP contribution < -0.4 is 10.2 Å². The maximum absolute atomic E-state index is 12.6. The van der Waals surface area contributed by atoms with E-state index in [9.17, 15) is 4.79 Å². The smallest absolute Gasteiger partial charge is 0.223 e. The molecule has 0 saturated carbocycles. The topological polar surface area (TPSA) is 58.1 Å². The molecule has 1 aromatic carbocycles. The summed E-state index contributed by atoms with van der Waals surface area (Å²) >= 11 is 1.66. The fourth-order valence-electron chi connectivity index (χ4n) is 3.67. The first kappa shape index (κ1) is 18.9. The number of aryl methyl sites for hydroxylation is 2. The lowest BCUT2D eigenvalue weighted by Crippen LogP contribution is -2.40. The van der Waals surface area contributed by atoms with Crippen LogP contribution in [-0.2, 0) is 17.8 Å². The van der Waals surface area contributed by atoms with Crippen LogP contribution >= 0.6 is 11.3 Å². The average molecular weight is 395 g/mol. The van der Waals surface area contributed by atoms with Crippen LogP contribution in [0, 0.1) is 12.8 Å². The number of carbonyl (C=O) groups is 1. The highest BCUT2D eigenvalue weighted by atomic mass is 32.1. The lowest BCUT2D eigenvalue weighted by Gasteiger charge is -2.32. The van der Waals surface area contributed by atoms with Gasteiger partial charge in [-0.2, -0.15) is 0 Å². The number of thiophene rings is 1. The Labute approximate surface area is 169 Å². The van der Waals surface area contributed by atoms with Crippen LogP contribution in [0.3, 0.4) is 0 Å². The number of fused-ring (bicyclic) bond motifs is 1. The van der Waals surface area contributed by atoms with Gasteiger partial charge in [-0.25, -0.2) is 9.97 Å². The van der Waals surface area contributed by atoms with Crippen molar-refractivity contribution >= 4 is 33.3 Å². The fourth-order valence-corrected chi connectivity index (χ4v) is 4.45. The molecular formula is C22H26N4OS. The van der Waals surface area contributed by atoms with E-state index in [1.165, 1.54) is 5.56 Å². The van der Waals surface area contributed by atoms with E-state index in [0.29, 0.717) is 6.54 Å². The fraction of sp³-hybridized carbons (Fsp3) is 0.409. The van der Waals surface area contributed by atoms with Gasteiger partial charge in [-0.1, -0.05) is 36.8 Å². The molecule has 5 nitrogen and oxygen atoms in total. The van der Waals surface area contributed by atoms with Crippen molar-refractivity contribution in [2.45, 2.75) is 39.7 Å². The van der Waals surface area contributed by atoms with Gasteiger partial charge in [0.25, 0.3) is 0 Å². The molecule has 0 atom stereocenters. The third kappa shape index (κ3) is 4.02. The number of hydrogen-bond donors (Lipinski definition) is 1. The van der Waals surface area contributed by atoms with Crippen LogP contribution in [0.2, 0.25) is 0 Å². The summed E-state index contributed by atoms with van der Waals surface area (Å²) in [6.07, 6.45) is 2.55. The molecule has 1 saturated heterocycles. The molecule has 1 fully saturated rings. The molecule has 0 unspecified atom stereocenters. The number of benzene rings is 1. The van der Waals surface area contributed by atoms with E-state index in [-0.39, 0.29) is 11.8 Å². The van der Waals surface area contributed by atoms with E-state index < -0.39 is 0 Å². The van der Waals surface area contributed by atoms with Gasteiger partial charge in [-0.15, -0.1) is 11.3 Å². The van der Waals surface area contributed by atoms with Crippen molar-refractivity contribution in [3.63, 3.8) is 0 Å². The minimum absolute atomic E-state index is 0.0761. The van der Waals surface area contributed by atoms with Crippen molar-refractivity contribution in [3.8, 4) is 0 Å². The molecular weight excluding hydrogens is 368 g/mol. The molecule has 1 amide bonds. The van der Waals surface area contributed by atoms with Crippen molar-refractivity contribution in [1.29, 1.82) is 0 Å². The van der Waals surface area contributed by atoms with Crippen LogP contribution in [-0.4, -0.2) is 29.0 Å². The van der Waals surface area contributed by atoms with E-state index in [0.717, 1.165) is 59.8 Å². The quantitative estimate of drug-likeness (QED) is 0.708. The average Bonchev–Trinajstić information content (AvgIpc) is 3.21. The second-order valence-electron chi connectivity index (χ2n) is 7.42. The summed E-state index contributed by atoms with van der Waals surface area (Å²) < 4.78 is 0. The first-order valence-electron chi connectivity index (χ1n) is 9.96. The second-order valence-corrected chi connectivity index (χ2v) is 8.32. The molecule has 0 spiro atoms. The minimum Gasteiger partial charge on any atom is -0.356 e.